The fraction of sp³-hybridized carbons (Fsp3) is 0.400. The minimum atomic E-state index is -0.418. The van der Waals surface area contributed by atoms with Crippen molar-refractivity contribution < 1.29 is 14.3 Å². The van der Waals surface area contributed by atoms with E-state index in [-0.39, 0.29) is 11.8 Å². The summed E-state index contributed by atoms with van der Waals surface area (Å²) in [6, 6.07) is 4.33. The van der Waals surface area contributed by atoms with Crippen LogP contribution < -0.4 is 4.74 Å². The maximum Gasteiger partial charge on any atom is 0.165 e. The molecule has 0 amide bonds. The van der Waals surface area contributed by atoms with Crippen molar-refractivity contribution in [2.75, 3.05) is 14.2 Å². The number of hydrogen-bond acceptors (Lipinski definition) is 3. The molecule has 0 aliphatic rings. The van der Waals surface area contributed by atoms with Crippen molar-refractivity contribution in [2.45, 2.75) is 13.0 Å². The van der Waals surface area contributed by atoms with Crippen LogP contribution in [-0.4, -0.2) is 24.4 Å². The van der Waals surface area contributed by atoms with E-state index in [0.29, 0.717) is 5.56 Å². The van der Waals surface area contributed by atoms with Gasteiger partial charge in [0.15, 0.2) is 11.6 Å². The number of halogens is 1. The highest BCUT2D eigenvalue weighted by atomic mass is 19.1. The summed E-state index contributed by atoms with van der Waals surface area (Å²) < 4.78 is 18.2. The van der Waals surface area contributed by atoms with Gasteiger partial charge in [0.2, 0.25) is 0 Å². The first kappa shape index (κ1) is 10.9. The number of rotatable bonds is 3. The molecule has 0 bridgehead atoms. The van der Waals surface area contributed by atoms with E-state index in [1.165, 1.54) is 20.2 Å². The molecule has 0 aliphatic heterocycles. The molecule has 0 saturated carbocycles. The number of hydrogen-bond donors (Lipinski definition) is 1. The molecule has 1 rings (SSSR count). The third kappa shape index (κ3) is 2.02. The first-order valence-corrected chi connectivity index (χ1v) is 4.32. The quantitative estimate of drug-likeness (QED) is 0.757. The molecule has 0 aromatic heterocycles. The number of benzene rings is 1. The lowest BCUT2D eigenvalue weighted by Crippen LogP contribution is -2.18. The van der Waals surface area contributed by atoms with Crippen molar-refractivity contribution in [1.82, 2.24) is 5.06 Å². The third-order valence-electron chi connectivity index (χ3n) is 2.21. The Balaban J connectivity index is 3.13. The molecule has 0 aliphatic carbocycles. The van der Waals surface area contributed by atoms with Crippen LogP contribution in [0.4, 0.5) is 4.39 Å². The van der Waals surface area contributed by atoms with Crippen molar-refractivity contribution in [3.05, 3.63) is 29.6 Å². The van der Waals surface area contributed by atoms with Gasteiger partial charge in [-0.05, 0) is 13.0 Å². The molecule has 1 N–H and O–H groups in total. The van der Waals surface area contributed by atoms with Crippen LogP contribution in [0.1, 0.15) is 18.5 Å². The van der Waals surface area contributed by atoms with Gasteiger partial charge in [-0.1, -0.05) is 12.1 Å². The minimum absolute atomic E-state index is 0.181. The van der Waals surface area contributed by atoms with Crippen LogP contribution in [0.25, 0.3) is 0 Å². The maximum atomic E-state index is 13.2. The fourth-order valence-corrected chi connectivity index (χ4v) is 1.27. The Hall–Kier alpha value is -1.13. The summed E-state index contributed by atoms with van der Waals surface area (Å²) >= 11 is 0. The second kappa shape index (κ2) is 4.39. The topological polar surface area (TPSA) is 32.7 Å². The summed E-state index contributed by atoms with van der Waals surface area (Å²) in [6.45, 7) is 1.76. The number of methoxy groups -OCH3 is 1. The van der Waals surface area contributed by atoms with Crippen LogP contribution in [0.5, 0.6) is 5.75 Å². The number of hydroxylamine groups is 2. The molecule has 0 fully saturated rings. The summed E-state index contributed by atoms with van der Waals surface area (Å²) in [5, 5.41) is 10.3. The van der Waals surface area contributed by atoms with E-state index in [1.807, 2.05) is 0 Å². The molecule has 0 saturated heterocycles. The lowest BCUT2D eigenvalue weighted by molar-refractivity contribution is -0.0989. The van der Waals surface area contributed by atoms with Gasteiger partial charge in [0, 0.05) is 12.6 Å². The molecular weight excluding hydrogens is 185 g/mol. The van der Waals surface area contributed by atoms with Crippen molar-refractivity contribution in [2.24, 2.45) is 0 Å². The summed E-state index contributed by atoms with van der Waals surface area (Å²) in [7, 11) is 2.92. The SMILES string of the molecule is COc1c(F)cccc1C(C)N(C)O. The van der Waals surface area contributed by atoms with E-state index in [1.54, 1.807) is 19.1 Å². The zero-order valence-electron chi connectivity index (χ0n) is 8.49. The highest BCUT2D eigenvalue weighted by molar-refractivity contribution is 5.36. The molecule has 14 heavy (non-hydrogen) atoms. The molecule has 78 valence electrons. The summed E-state index contributed by atoms with van der Waals surface area (Å²) in [5.74, 6) is -0.236. The monoisotopic (exact) mass is 199 g/mol. The van der Waals surface area contributed by atoms with Gasteiger partial charge < -0.3 is 9.94 Å². The van der Waals surface area contributed by atoms with Gasteiger partial charge in [-0.15, -0.1) is 0 Å². The lowest BCUT2D eigenvalue weighted by atomic mass is 10.1. The van der Waals surface area contributed by atoms with Crippen LogP contribution in [-0.2, 0) is 0 Å². The summed E-state index contributed by atoms with van der Waals surface area (Å²) in [5.41, 5.74) is 0.623. The largest absolute Gasteiger partial charge is 0.493 e. The fourth-order valence-electron chi connectivity index (χ4n) is 1.27. The zero-order valence-corrected chi connectivity index (χ0v) is 8.49. The highest BCUT2D eigenvalue weighted by Crippen LogP contribution is 2.29. The average Bonchev–Trinajstić information content (AvgIpc) is 2.16. The minimum Gasteiger partial charge on any atom is -0.493 e. The third-order valence-corrected chi connectivity index (χ3v) is 2.21. The van der Waals surface area contributed by atoms with Crippen molar-refractivity contribution >= 4 is 0 Å². The molecular formula is C10H14FNO2. The summed E-state index contributed by atoms with van der Waals surface area (Å²) in [4.78, 5) is 0. The first-order valence-electron chi connectivity index (χ1n) is 4.32. The Morgan fingerprint density at radius 2 is 2.14 bits per heavy atom. The molecule has 0 radical (unpaired) electrons. The molecule has 3 nitrogen and oxygen atoms in total. The van der Waals surface area contributed by atoms with Crippen molar-refractivity contribution in [1.29, 1.82) is 0 Å². The Kier molecular flexibility index (Phi) is 3.43. The van der Waals surface area contributed by atoms with Crippen LogP contribution in [0, 0.1) is 5.82 Å². The molecule has 1 unspecified atom stereocenters. The van der Waals surface area contributed by atoms with Gasteiger partial charge in [-0.3, -0.25) is 0 Å². The van der Waals surface area contributed by atoms with E-state index < -0.39 is 5.82 Å². The lowest BCUT2D eigenvalue weighted by Gasteiger charge is -2.20. The standard InChI is InChI=1S/C10H14FNO2/c1-7(12(2)13)8-5-4-6-9(11)10(8)14-3/h4-7,13H,1-3H3. The van der Waals surface area contributed by atoms with Gasteiger partial charge in [-0.2, -0.15) is 5.06 Å². The number of para-hydroxylation sites is 1. The predicted octanol–water partition coefficient (Wildman–Crippen LogP) is 2.22. The Morgan fingerprint density at radius 1 is 1.50 bits per heavy atom. The molecule has 1 aromatic carbocycles. The Morgan fingerprint density at radius 3 is 2.64 bits per heavy atom. The average molecular weight is 199 g/mol. The second-order valence-electron chi connectivity index (χ2n) is 3.11. The normalized spacial score (nSPS) is 13.0. The summed E-state index contributed by atoms with van der Waals surface area (Å²) in [6.07, 6.45) is 0. The second-order valence-corrected chi connectivity index (χ2v) is 3.11. The number of ether oxygens (including phenoxy) is 1. The van der Waals surface area contributed by atoms with Gasteiger partial charge in [-0.25, -0.2) is 4.39 Å². The van der Waals surface area contributed by atoms with Crippen LogP contribution >= 0.6 is 0 Å². The van der Waals surface area contributed by atoms with Crippen molar-refractivity contribution in [3.8, 4) is 5.75 Å². The van der Waals surface area contributed by atoms with Crippen LogP contribution in [0.15, 0.2) is 18.2 Å². The Labute approximate surface area is 82.7 Å². The van der Waals surface area contributed by atoms with Gasteiger partial charge in [0.1, 0.15) is 0 Å². The van der Waals surface area contributed by atoms with E-state index in [9.17, 15) is 9.60 Å². The van der Waals surface area contributed by atoms with E-state index in [0.717, 1.165) is 5.06 Å². The maximum absolute atomic E-state index is 13.2. The smallest absolute Gasteiger partial charge is 0.165 e. The van der Waals surface area contributed by atoms with E-state index in [4.69, 9.17) is 4.74 Å². The van der Waals surface area contributed by atoms with Gasteiger partial charge in [0.05, 0.1) is 13.2 Å². The van der Waals surface area contributed by atoms with Crippen molar-refractivity contribution in [3.63, 3.8) is 0 Å². The first-order chi connectivity index (χ1) is 6.57. The van der Waals surface area contributed by atoms with Crippen LogP contribution in [0.3, 0.4) is 0 Å². The molecule has 0 heterocycles. The van der Waals surface area contributed by atoms with Gasteiger partial charge >= 0.3 is 0 Å². The molecule has 0 spiro atoms. The Bertz CT molecular complexity index is 315. The highest BCUT2D eigenvalue weighted by Gasteiger charge is 2.17. The molecule has 1 atom stereocenters. The number of nitrogens with zero attached hydrogens (tertiary/aromatic N) is 1. The molecule has 4 heteroatoms. The predicted molar refractivity (Wildman–Crippen MR) is 50.9 cm³/mol. The van der Waals surface area contributed by atoms with Crippen LogP contribution in [0.2, 0.25) is 0 Å². The van der Waals surface area contributed by atoms with Gasteiger partial charge in [0.25, 0.3) is 0 Å². The zero-order chi connectivity index (χ0) is 10.7. The van der Waals surface area contributed by atoms with E-state index in [2.05, 4.69) is 0 Å². The van der Waals surface area contributed by atoms with E-state index >= 15 is 0 Å². The molecule has 1 aromatic rings.